The number of hydrogen-bond acceptors (Lipinski definition) is 5. The van der Waals surface area contributed by atoms with Gasteiger partial charge in [0.25, 0.3) is 0 Å². The Hall–Kier alpha value is -1.92. The molecule has 0 unspecified atom stereocenters. The minimum atomic E-state index is -0.449. The van der Waals surface area contributed by atoms with Crippen molar-refractivity contribution in [3.63, 3.8) is 0 Å². The van der Waals surface area contributed by atoms with Crippen molar-refractivity contribution < 1.29 is 18.8 Å². The summed E-state index contributed by atoms with van der Waals surface area (Å²) in [7, 11) is 3.04. The Bertz CT molecular complexity index is 590. The molecule has 0 saturated heterocycles. The fraction of sp³-hybridized carbons (Fsp3) is 0.429. The molecule has 1 aromatic carbocycles. The molecular formula is C14H18N2O4. The first-order chi connectivity index (χ1) is 9.63. The summed E-state index contributed by atoms with van der Waals surface area (Å²) in [5, 5.41) is 7.55. The molecule has 0 radical (unpaired) electrons. The summed E-state index contributed by atoms with van der Waals surface area (Å²) in [5.41, 5.74) is 2.42. The second-order valence-corrected chi connectivity index (χ2v) is 4.51. The van der Waals surface area contributed by atoms with E-state index in [9.17, 15) is 4.79 Å². The predicted octanol–water partition coefficient (Wildman–Crippen LogP) is 1.41. The van der Waals surface area contributed by atoms with Gasteiger partial charge in [0.1, 0.15) is 5.69 Å². The van der Waals surface area contributed by atoms with E-state index in [1.165, 1.54) is 14.2 Å². The maximum atomic E-state index is 11.9. The number of nitrogens with zero attached hydrogens (tertiary/aromatic N) is 1. The number of hydrogen-bond donors (Lipinski definition) is 1. The third-order valence-electron chi connectivity index (χ3n) is 3.02. The number of nitrogens with one attached hydrogen (secondary N) is 1. The Balaban J connectivity index is 2.01. The van der Waals surface area contributed by atoms with Crippen LogP contribution in [0, 0.1) is 6.92 Å². The summed E-state index contributed by atoms with van der Waals surface area (Å²) in [6.07, 6.45) is -0.286. The van der Waals surface area contributed by atoms with Crippen LogP contribution in [0.5, 0.6) is 0 Å². The quantitative estimate of drug-likeness (QED) is 0.809. The third kappa shape index (κ3) is 3.34. The molecule has 1 N–H and O–H groups in total. The van der Waals surface area contributed by atoms with Gasteiger partial charge in [-0.05, 0) is 19.1 Å². The van der Waals surface area contributed by atoms with Crippen LogP contribution in [0.4, 0.5) is 0 Å². The van der Waals surface area contributed by atoms with E-state index >= 15 is 0 Å². The van der Waals surface area contributed by atoms with E-state index in [-0.39, 0.29) is 12.3 Å². The number of ether oxygens (including phenoxy) is 2. The first-order valence-corrected chi connectivity index (χ1v) is 6.31. The largest absolute Gasteiger partial charge is 0.356 e. The molecule has 2 aromatic rings. The Morgan fingerprint density at radius 1 is 1.40 bits per heavy atom. The molecule has 2 rings (SSSR count). The normalized spacial score (nSPS) is 11.2. The number of carbonyl (C=O) groups is 1. The Morgan fingerprint density at radius 3 is 2.85 bits per heavy atom. The highest BCUT2D eigenvalue weighted by Crippen LogP contribution is 2.20. The van der Waals surface area contributed by atoms with Crippen LogP contribution in [0.2, 0.25) is 0 Å². The molecule has 108 valence electrons. The highest BCUT2D eigenvalue weighted by molar-refractivity contribution is 5.86. The van der Waals surface area contributed by atoms with E-state index in [0.717, 1.165) is 10.9 Å². The smallest absolute Gasteiger partial charge is 0.226 e. The molecule has 1 heterocycles. The molecule has 20 heavy (non-hydrogen) atoms. The average Bonchev–Trinajstić information content (AvgIpc) is 2.82. The number of rotatable bonds is 6. The summed E-state index contributed by atoms with van der Waals surface area (Å²) in [6.45, 7) is 2.28. The molecule has 0 bridgehead atoms. The van der Waals surface area contributed by atoms with E-state index in [1.54, 1.807) is 0 Å². The number of aromatic nitrogens is 1. The fourth-order valence-corrected chi connectivity index (χ4v) is 1.90. The van der Waals surface area contributed by atoms with Gasteiger partial charge in [-0.25, -0.2) is 0 Å². The zero-order chi connectivity index (χ0) is 14.5. The summed E-state index contributed by atoms with van der Waals surface area (Å²) in [4.78, 5) is 11.9. The first kappa shape index (κ1) is 14.5. The lowest BCUT2D eigenvalue weighted by molar-refractivity contribution is -0.126. The number of amides is 1. The molecule has 0 spiro atoms. The third-order valence-corrected chi connectivity index (χ3v) is 3.02. The van der Waals surface area contributed by atoms with Crippen molar-refractivity contribution in [1.82, 2.24) is 10.5 Å². The second kappa shape index (κ2) is 6.49. The van der Waals surface area contributed by atoms with Crippen LogP contribution in [0.15, 0.2) is 22.7 Å². The van der Waals surface area contributed by atoms with Crippen LogP contribution >= 0.6 is 0 Å². The second-order valence-electron chi connectivity index (χ2n) is 4.51. The zero-order valence-electron chi connectivity index (χ0n) is 11.8. The maximum absolute atomic E-state index is 11.9. The van der Waals surface area contributed by atoms with Crippen molar-refractivity contribution in [2.75, 3.05) is 20.8 Å². The molecule has 6 nitrogen and oxygen atoms in total. The fourth-order valence-electron chi connectivity index (χ4n) is 1.90. The van der Waals surface area contributed by atoms with Gasteiger partial charge in [-0.3, -0.25) is 4.79 Å². The van der Waals surface area contributed by atoms with Crippen molar-refractivity contribution in [2.45, 2.75) is 19.6 Å². The van der Waals surface area contributed by atoms with Crippen molar-refractivity contribution >= 4 is 16.9 Å². The van der Waals surface area contributed by atoms with Crippen molar-refractivity contribution in [2.24, 2.45) is 0 Å². The van der Waals surface area contributed by atoms with E-state index in [2.05, 4.69) is 10.5 Å². The van der Waals surface area contributed by atoms with E-state index < -0.39 is 6.29 Å². The van der Waals surface area contributed by atoms with Crippen LogP contribution in [0.25, 0.3) is 11.0 Å². The topological polar surface area (TPSA) is 73.6 Å². The van der Waals surface area contributed by atoms with Crippen molar-refractivity contribution in [3.05, 3.63) is 29.5 Å². The minimum absolute atomic E-state index is 0.152. The van der Waals surface area contributed by atoms with Gasteiger partial charge in [-0.2, -0.15) is 0 Å². The molecule has 0 aliphatic rings. The highest BCUT2D eigenvalue weighted by atomic mass is 16.7. The van der Waals surface area contributed by atoms with Crippen molar-refractivity contribution in [1.29, 1.82) is 0 Å². The standard InChI is InChI=1S/C14H18N2O4/c1-9-4-5-12-10(6-9)11(16-20-12)7-13(17)15-8-14(18-2)19-3/h4-6,14H,7-8H2,1-3H3,(H,15,17). The zero-order valence-corrected chi connectivity index (χ0v) is 11.8. The monoisotopic (exact) mass is 278 g/mol. The lowest BCUT2D eigenvalue weighted by atomic mass is 10.1. The molecule has 0 saturated carbocycles. The van der Waals surface area contributed by atoms with Crippen LogP contribution in [0.1, 0.15) is 11.3 Å². The van der Waals surface area contributed by atoms with Gasteiger partial charge in [-0.1, -0.05) is 16.8 Å². The Morgan fingerprint density at radius 2 is 2.15 bits per heavy atom. The van der Waals surface area contributed by atoms with Gasteiger partial charge in [0.05, 0.1) is 13.0 Å². The highest BCUT2D eigenvalue weighted by Gasteiger charge is 2.14. The van der Waals surface area contributed by atoms with E-state index in [0.29, 0.717) is 17.8 Å². The number of benzene rings is 1. The van der Waals surface area contributed by atoms with Crippen LogP contribution in [-0.4, -0.2) is 38.1 Å². The molecule has 0 aliphatic carbocycles. The summed E-state index contributed by atoms with van der Waals surface area (Å²) in [5.74, 6) is -0.152. The minimum Gasteiger partial charge on any atom is -0.356 e. The summed E-state index contributed by atoms with van der Waals surface area (Å²) < 4.78 is 15.2. The molecule has 0 fully saturated rings. The number of methoxy groups -OCH3 is 2. The van der Waals surface area contributed by atoms with Gasteiger partial charge in [0, 0.05) is 19.6 Å². The van der Waals surface area contributed by atoms with Crippen LogP contribution in [-0.2, 0) is 20.7 Å². The average molecular weight is 278 g/mol. The lowest BCUT2D eigenvalue weighted by Gasteiger charge is -2.13. The molecule has 1 aromatic heterocycles. The summed E-state index contributed by atoms with van der Waals surface area (Å²) >= 11 is 0. The number of aryl methyl sites for hydroxylation is 1. The molecule has 1 amide bonds. The van der Waals surface area contributed by atoms with Gasteiger partial charge >= 0.3 is 0 Å². The Kier molecular flexibility index (Phi) is 4.70. The Labute approximate surface area is 117 Å². The molecule has 0 aliphatic heterocycles. The van der Waals surface area contributed by atoms with Crippen LogP contribution < -0.4 is 5.32 Å². The molecule has 6 heteroatoms. The van der Waals surface area contributed by atoms with Gasteiger partial charge in [0.15, 0.2) is 11.9 Å². The van der Waals surface area contributed by atoms with E-state index in [1.807, 2.05) is 25.1 Å². The molecule has 0 atom stereocenters. The molecular weight excluding hydrogens is 260 g/mol. The number of carbonyl (C=O) groups excluding carboxylic acids is 1. The van der Waals surface area contributed by atoms with Crippen LogP contribution in [0.3, 0.4) is 0 Å². The summed E-state index contributed by atoms with van der Waals surface area (Å²) in [6, 6.07) is 5.76. The number of fused-ring (bicyclic) bond motifs is 1. The van der Waals surface area contributed by atoms with Gasteiger partial charge < -0.3 is 19.3 Å². The van der Waals surface area contributed by atoms with Gasteiger partial charge in [0.2, 0.25) is 5.91 Å². The lowest BCUT2D eigenvalue weighted by Crippen LogP contribution is -2.35. The predicted molar refractivity (Wildman–Crippen MR) is 73.3 cm³/mol. The van der Waals surface area contributed by atoms with Crippen molar-refractivity contribution in [3.8, 4) is 0 Å². The van der Waals surface area contributed by atoms with Gasteiger partial charge in [-0.15, -0.1) is 0 Å². The SMILES string of the molecule is COC(CNC(=O)Cc1noc2ccc(C)cc12)OC. The maximum Gasteiger partial charge on any atom is 0.226 e. The van der Waals surface area contributed by atoms with E-state index in [4.69, 9.17) is 14.0 Å². The first-order valence-electron chi connectivity index (χ1n) is 6.31.